The van der Waals surface area contributed by atoms with Crippen LogP contribution in [0.1, 0.15) is 41.6 Å². The Balaban J connectivity index is 1.48. The van der Waals surface area contributed by atoms with E-state index in [1.54, 1.807) is 72.8 Å². The summed E-state index contributed by atoms with van der Waals surface area (Å²) in [5.74, 6) is 1.17. The van der Waals surface area contributed by atoms with E-state index < -0.39 is 20.2 Å². The Kier molecular flexibility index (Phi) is 11.8. The summed E-state index contributed by atoms with van der Waals surface area (Å²) in [5, 5.41) is 9.47. The highest BCUT2D eigenvalue weighted by Gasteiger charge is 2.13. The van der Waals surface area contributed by atoms with Crippen LogP contribution in [0.25, 0.3) is 11.1 Å². The lowest BCUT2D eigenvalue weighted by molar-refractivity contribution is 0.103. The summed E-state index contributed by atoms with van der Waals surface area (Å²) in [6, 6.07) is 25.0. The van der Waals surface area contributed by atoms with Gasteiger partial charge in [0.05, 0.1) is 24.7 Å². The third kappa shape index (κ3) is 11.2. The van der Waals surface area contributed by atoms with Crippen LogP contribution in [0, 0.1) is 0 Å². The zero-order chi connectivity index (χ0) is 33.2. The maximum Gasteiger partial charge on any atom is 0.264 e. The predicted octanol–water partition coefficient (Wildman–Crippen LogP) is 6.18. The number of carbonyl (C=O) groups excluding carboxylic acids is 1. The molecule has 3 N–H and O–H groups in total. The van der Waals surface area contributed by atoms with E-state index in [1.165, 1.54) is 12.1 Å². The van der Waals surface area contributed by atoms with Gasteiger partial charge in [0.25, 0.3) is 20.2 Å². The number of ketones is 1. The normalized spacial score (nSPS) is 11.6. The number of phenols is 1. The summed E-state index contributed by atoms with van der Waals surface area (Å²) in [5.41, 5.74) is 2.28. The van der Waals surface area contributed by atoms with Gasteiger partial charge in [-0.15, -0.1) is 0 Å². The number of hydrogen-bond donors (Lipinski definition) is 3. The van der Waals surface area contributed by atoms with Crippen LogP contribution in [-0.4, -0.2) is 61.6 Å². The average Bonchev–Trinajstić information content (AvgIpc) is 3.00. The van der Waals surface area contributed by atoms with Gasteiger partial charge in [-0.05, 0) is 110 Å². The number of unbranched alkanes of at least 4 members (excludes halogenated alkanes) is 2. The molecule has 13 heteroatoms. The molecule has 0 saturated carbocycles. The average molecular weight is 671 g/mol. The highest BCUT2D eigenvalue weighted by molar-refractivity contribution is 7.86. The number of hydrogen-bond acceptors (Lipinski definition) is 9. The van der Waals surface area contributed by atoms with Gasteiger partial charge in [0.2, 0.25) is 0 Å². The fraction of sp³-hybridized carbons (Fsp3) is 0.242. The monoisotopic (exact) mass is 670 g/mol. The van der Waals surface area contributed by atoms with E-state index in [1.807, 2.05) is 6.07 Å². The van der Waals surface area contributed by atoms with Crippen molar-refractivity contribution >= 4 is 26.0 Å². The number of phenolic OH excluding ortho intramolecular Hbond substituents is 1. The van der Waals surface area contributed by atoms with E-state index in [-0.39, 0.29) is 49.1 Å². The molecule has 4 aromatic rings. The summed E-state index contributed by atoms with van der Waals surface area (Å²) in [7, 11) is -8.10. The lowest BCUT2D eigenvalue weighted by Gasteiger charge is -2.15. The molecule has 0 amide bonds. The Morgan fingerprint density at radius 3 is 1.78 bits per heavy atom. The first-order chi connectivity index (χ1) is 21.9. The van der Waals surface area contributed by atoms with Gasteiger partial charge < -0.3 is 19.3 Å². The van der Waals surface area contributed by atoms with E-state index >= 15 is 0 Å². The molecule has 0 unspecified atom stereocenters. The summed E-state index contributed by atoms with van der Waals surface area (Å²) in [6.45, 7) is 0.420. The molecule has 4 rings (SSSR count). The summed E-state index contributed by atoms with van der Waals surface area (Å²) in [6.07, 6.45) is 1.26. The summed E-state index contributed by atoms with van der Waals surface area (Å²) in [4.78, 5) is 12.8. The number of aromatic hydroxyl groups is 1. The van der Waals surface area contributed by atoms with Gasteiger partial charge in [-0.3, -0.25) is 13.9 Å². The first-order valence-electron chi connectivity index (χ1n) is 14.4. The summed E-state index contributed by atoms with van der Waals surface area (Å²) >= 11 is 0. The SMILES string of the molecule is O=C(c1ccc(O)cc1)c1ccc(Oc2cccc(-c3cc(OCCCCS(=O)(=O)O)ccc3OCCCCS(=O)(=O)O)c2)cc1. The molecule has 0 atom stereocenters. The maximum absolute atomic E-state index is 12.8. The third-order valence-electron chi connectivity index (χ3n) is 6.70. The molecule has 0 aliphatic heterocycles. The molecule has 0 fully saturated rings. The Morgan fingerprint density at radius 1 is 0.609 bits per heavy atom. The fourth-order valence-corrected chi connectivity index (χ4v) is 5.55. The highest BCUT2D eigenvalue weighted by atomic mass is 32.2. The van der Waals surface area contributed by atoms with Crippen LogP contribution >= 0.6 is 0 Å². The van der Waals surface area contributed by atoms with Crippen LogP contribution in [0.4, 0.5) is 0 Å². The van der Waals surface area contributed by atoms with Gasteiger partial charge in [-0.1, -0.05) is 12.1 Å². The van der Waals surface area contributed by atoms with Crippen LogP contribution in [-0.2, 0) is 20.2 Å². The van der Waals surface area contributed by atoms with Crippen molar-refractivity contribution in [1.29, 1.82) is 0 Å². The van der Waals surface area contributed by atoms with Gasteiger partial charge in [-0.25, -0.2) is 0 Å². The second-order valence-corrected chi connectivity index (χ2v) is 13.5. The molecule has 0 aliphatic carbocycles. The second-order valence-electron chi connectivity index (χ2n) is 10.4. The van der Waals surface area contributed by atoms with Crippen LogP contribution in [0.2, 0.25) is 0 Å². The van der Waals surface area contributed by atoms with Crippen molar-refractivity contribution in [1.82, 2.24) is 0 Å². The number of ether oxygens (including phenoxy) is 3. The van der Waals surface area contributed by atoms with Crippen molar-refractivity contribution in [2.24, 2.45) is 0 Å². The second kappa shape index (κ2) is 15.7. The quantitative estimate of drug-likeness (QED) is 0.0665. The van der Waals surface area contributed by atoms with Gasteiger partial charge in [0.1, 0.15) is 28.7 Å². The van der Waals surface area contributed by atoms with E-state index in [9.17, 15) is 26.7 Å². The van der Waals surface area contributed by atoms with Gasteiger partial charge in [0.15, 0.2) is 5.78 Å². The standard InChI is InChI=1S/C33H34O11S2/c34-27-12-8-24(9-13-27)33(35)25-10-14-28(15-11-25)44-30-7-5-6-26(22-30)31-23-29(42-18-1-3-20-45(36,37)38)16-17-32(31)43-19-2-4-21-46(39,40)41/h5-17,22-23,34H,1-4,18-21H2,(H,36,37,38)(H,39,40,41). The first-order valence-corrected chi connectivity index (χ1v) is 17.6. The van der Waals surface area contributed by atoms with Gasteiger partial charge in [0, 0.05) is 16.7 Å². The van der Waals surface area contributed by atoms with E-state index in [4.69, 9.17) is 23.3 Å². The molecule has 244 valence electrons. The predicted molar refractivity (Wildman–Crippen MR) is 172 cm³/mol. The van der Waals surface area contributed by atoms with E-state index in [0.29, 0.717) is 52.5 Å². The van der Waals surface area contributed by atoms with Crippen molar-refractivity contribution in [3.63, 3.8) is 0 Å². The summed E-state index contributed by atoms with van der Waals surface area (Å²) < 4.78 is 79.7. The smallest absolute Gasteiger partial charge is 0.264 e. The molecule has 0 spiro atoms. The van der Waals surface area contributed by atoms with Crippen LogP contribution in [0.5, 0.6) is 28.7 Å². The van der Waals surface area contributed by atoms with Crippen molar-refractivity contribution in [2.75, 3.05) is 24.7 Å². The van der Waals surface area contributed by atoms with E-state index in [2.05, 4.69) is 0 Å². The van der Waals surface area contributed by atoms with Crippen LogP contribution < -0.4 is 14.2 Å². The minimum absolute atomic E-state index is 0.0740. The molecular weight excluding hydrogens is 636 g/mol. The lowest BCUT2D eigenvalue weighted by Crippen LogP contribution is -2.07. The minimum atomic E-state index is -4.06. The topological polar surface area (TPSA) is 174 Å². The third-order valence-corrected chi connectivity index (χ3v) is 8.31. The Bertz CT molecular complexity index is 1840. The lowest BCUT2D eigenvalue weighted by atomic mass is 10.0. The molecule has 0 radical (unpaired) electrons. The Hall–Kier alpha value is -4.43. The fourth-order valence-electron chi connectivity index (χ4n) is 4.41. The number of rotatable bonds is 17. The van der Waals surface area contributed by atoms with Crippen LogP contribution in [0.15, 0.2) is 91.0 Å². The zero-order valence-electron chi connectivity index (χ0n) is 24.7. The van der Waals surface area contributed by atoms with Crippen molar-refractivity contribution in [3.8, 4) is 39.9 Å². The highest BCUT2D eigenvalue weighted by Crippen LogP contribution is 2.36. The van der Waals surface area contributed by atoms with E-state index in [0.717, 1.165) is 5.56 Å². The number of carbonyl (C=O) groups is 1. The molecule has 11 nitrogen and oxygen atoms in total. The molecule has 0 aliphatic rings. The molecular formula is C33H34O11S2. The van der Waals surface area contributed by atoms with Crippen molar-refractivity contribution < 1.29 is 50.1 Å². The largest absolute Gasteiger partial charge is 0.508 e. The van der Waals surface area contributed by atoms with Gasteiger partial charge in [-0.2, -0.15) is 16.8 Å². The number of benzene rings is 4. The minimum Gasteiger partial charge on any atom is -0.508 e. The molecule has 4 aromatic carbocycles. The van der Waals surface area contributed by atoms with Crippen molar-refractivity contribution in [2.45, 2.75) is 25.7 Å². The maximum atomic E-state index is 12.8. The molecule has 0 heterocycles. The van der Waals surface area contributed by atoms with Crippen molar-refractivity contribution in [3.05, 3.63) is 102 Å². The molecule has 46 heavy (non-hydrogen) atoms. The van der Waals surface area contributed by atoms with Gasteiger partial charge >= 0.3 is 0 Å². The van der Waals surface area contributed by atoms with Crippen LogP contribution in [0.3, 0.4) is 0 Å². The molecule has 0 aromatic heterocycles. The first kappa shape index (κ1) is 34.4. The molecule has 0 saturated heterocycles. The molecule has 0 bridgehead atoms. The Labute approximate surface area is 267 Å². The Morgan fingerprint density at radius 2 is 1.17 bits per heavy atom. The zero-order valence-corrected chi connectivity index (χ0v) is 26.4.